The Kier molecular flexibility index (Phi) is 5.72. The van der Waals surface area contributed by atoms with Crippen molar-refractivity contribution in [2.75, 3.05) is 13.2 Å². The largest absolute Gasteiger partial charge is 0.491 e. The summed E-state index contributed by atoms with van der Waals surface area (Å²) in [5, 5.41) is 9.99. The first-order chi connectivity index (χ1) is 12.7. The van der Waals surface area contributed by atoms with Crippen molar-refractivity contribution in [1.29, 1.82) is 0 Å². The number of aromatic amines is 1. The van der Waals surface area contributed by atoms with Crippen LogP contribution in [-0.4, -0.2) is 44.2 Å². The zero-order chi connectivity index (χ0) is 18.4. The number of carbonyl (C=O) groups is 1. The maximum atomic E-state index is 12.5. The Labute approximate surface area is 154 Å². The van der Waals surface area contributed by atoms with E-state index in [0.29, 0.717) is 46.8 Å². The lowest BCUT2D eigenvalue weighted by Gasteiger charge is -2.11. The van der Waals surface area contributed by atoms with Crippen LogP contribution in [0.15, 0.2) is 36.8 Å². The summed E-state index contributed by atoms with van der Waals surface area (Å²) in [6.07, 6.45) is 4.67. The Balaban J connectivity index is 1.68. The van der Waals surface area contributed by atoms with Crippen molar-refractivity contribution in [2.24, 2.45) is 5.73 Å². The molecule has 0 aliphatic rings. The molecular formula is C16H16ClN7O2. The van der Waals surface area contributed by atoms with Gasteiger partial charge in [0, 0.05) is 24.0 Å². The summed E-state index contributed by atoms with van der Waals surface area (Å²) in [5.74, 6) is 0.940. The summed E-state index contributed by atoms with van der Waals surface area (Å²) in [4.78, 5) is 24.8. The second kappa shape index (κ2) is 8.37. The Morgan fingerprint density at radius 1 is 1.35 bits per heavy atom. The van der Waals surface area contributed by atoms with Crippen molar-refractivity contribution in [3.8, 4) is 17.3 Å². The third-order valence-corrected chi connectivity index (χ3v) is 3.54. The molecule has 9 nitrogen and oxygen atoms in total. The minimum atomic E-state index is -0.350. The van der Waals surface area contributed by atoms with Gasteiger partial charge in [0.15, 0.2) is 0 Å². The number of aromatic nitrogens is 5. The van der Waals surface area contributed by atoms with Crippen LogP contribution >= 0.6 is 11.6 Å². The first kappa shape index (κ1) is 17.8. The van der Waals surface area contributed by atoms with Crippen LogP contribution in [0.4, 0.5) is 0 Å². The Hall–Kier alpha value is -3.04. The minimum absolute atomic E-state index is 0.148. The lowest BCUT2D eigenvalue weighted by molar-refractivity contribution is 0.0946. The molecule has 134 valence electrons. The van der Waals surface area contributed by atoms with Gasteiger partial charge in [0.1, 0.15) is 23.9 Å². The molecule has 1 amide bonds. The van der Waals surface area contributed by atoms with E-state index in [0.717, 1.165) is 0 Å². The molecule has 2 heterocycles. The number of benzene rings is 1. The molecule has 2 aromatic heterocycles. The molecule has 0 aliphatic heterocycles. The van der Waals surface area contributed by atoms with Crippen LogP contribution in [0.5, 0.6) is 5.75 Å². The number of amides is 1. The molecule has 3 aromatic rings. The fraction of sp³-hybridized carbons (Fsp3) is 0.188. The van der Waals surface area contributed by atoms with Crippen LogP contribution in [-0.2, 0) is 6.54 Å². The molecule has 0 fully saturated rings. The summed E-state index contributed by atoms with van der Waals surface area (Å²) in [7, 11) is 0. The maximum absolute atomic E-state index is 12.5. The van der Waals surface area contributed by atoms with Gasteiger partial charge in [-0.1, -0.05) is 11.6 Å². The van der Waals surface area contributed by atoms with Crippen molar-refractivity contribution >= 4 is 17.5 Å². The first-order valence-electron chi connectivity index (χ1n) is 7.75. The number of rotatable bonds is 7. The van der Waals surface area contributed by atoms with Crippen LogP contribution in [0.3, 0.4) is 0 Å². The number of nitrogens with one attached hydrogen (secondary N) is 2. The van der Waals surface area contributed by atoms with Crippen LogP contribution < -0.4 is 15.8 Å². The van der Waals surface area contributed by atoms with Crippen LogP contribution in [0.2, 0.25) is 5.02 Å². The molecule has 0 atom stereocenters. The van der Waals surface area contributed by atoms with Crippen LogP contribution in [0.1, 0.15) is 16.2 Å². The lowest BCUT2D eigenvalue weighted by atomic mass is 10.2. The zero-order valence-corrected chi connectivity index (χ0v) is 14.4. The number of hydrogen-bond acceptors (Lipinski definition) is 7. The smallest absolute Gasteiger partial charge is 0.255 e. The molecule has 1 aromatic carbocycles. The monoisotopic (exact) mass is 373 g/mol. The van der Waals surface area contributed by atoms with Gasteiger partial charge in [0.2, 0.25) is 5.82 Å². The number of nitrogens with two attached hydrogens (primary N) is 1. The van der Waals surface area contributed by atoms with Crippen LogP contribution in [0.25, 0.3) is 11.5 Å². The molecule has 26 heavy (non-hydrogen) atoms. The van der Waals surface area contributed by atoms with E-state index in [2.05, 4.69) is 30.5 Å². The van der Waals surface area contributed by atoms with Crippen LogP contribution in [0, 0.1) is 0 Å². The molecule has 0 radical (unpaired) electrons. The van der Waals surface area contributed by atoms with Crippen molar-refractivity contribution in [1.82, 2.24) is 30.5 Å². The number of hydrogen-bond donors (Lipinski definition) is 3. The molecule has 10 heteroatoms. The molecule has 0 unspecified atom stereocenters. The highest BCUT2D eigenvalue weighted by Crippen LogP contribution is 2.23. The molecule has 0 aliphatic carbocycles. The Morgan fingerprint density at radius 3 is 3.00 bits per heavy atom. The SMILES string of the molecule is NCCOc1ccc(Cl)cc1C(=O)NCc1nc(-c2cnccn2)n[nH]1. The average molecular weight is 374 g/mol. The van der Waals surface area contributed by atoms with Crippen molar-refractivity contribution < 1.29 is 9.53 Å². The van der Waals surface area contributed by atoms with Crippen molar-refractivity contribution in [3.05, 3.63) is 53.2 Å². The highest BCUT2D eigenvalue weighted by atomic mass is 35.5. The Morgan fingerprint density at radius 2 is 2.23 bits per heavy atom. The molecule has 0 saturated carbocycles. The predicted molar refractivity (Wildman–Crippen MR) is 94.6 cm³/mol. The standard InChI is InChI=1S/C16H16ClN7O2/c17-10-1-2-13(26-6-3-18)11(7-10)16(25)21-9-14-22-15(24-23-14)12-8-19-4-5-20-12/h1-2,4-5,7-8H,3,6,9,18H2,(H,21,25)(H,22,23,24). The quantitative estimate of drug-likeness (QED) is 0.566. The van der Waals surface area contributed by atoms with E-state index in [1.54, 1.807) is 30.7 Å². The summed E-state index contributed by atoms with van der Waals surface area (Å²) >= 11 is 5.98. The van der Waals surface area contributed by atoms with Gasteiger partial charge in [-0.2, -0.15) is 5.10 Å². The molecular weight excluding hydrogens is 358 g/mol. The molecule has 0 spiro atoms. The van der Waals surface area contributed by atoms with E-state index in [1.807, 2.05) is 0 Å². The molecule has 0 saturated heterocycles. The first-order valence-corrected chi connectivity index (χ1v) is 8.13. The number of carbonyl (C=O) groups excluding carboxylic acids is 1. The zero-order valence-electron chi connectivity index (χ0n) is 13.6. The molecule has 3 rings (SSSR count). The van der Waals surface area contributed by atoms with Gasteiger partial charge >= 0.3 is 0 Å². The van der Waals surface area contributed by atoms with Gasteiger partial charge in [0.05, 0.1) is 18.3 Å². The topological polar surface area (TPSA) is 132 Å². The number of halogens is 1. The van der Waals surface area contributed by atoms with E-state index < -0.39 is 0 Å². The summed E-state index contributed by atoms with van der Waals surface area (Å²) in [5.41, 5.74) is 6.29. The number of ether oxygens (including phenoxy) is 1. The lowest BCUT2D eigenvalue weighted by Crippen LogP contribution is -2.24. The van der Waals surface area contributed by atoms with Crippen molar-refractivity contribution in [2.45, 2.75) is 6.54 Å². The summed E-state index contributed by atoms with van der Waals surface area (Å²) in [6, 6.07) is 4.81. The second-order valence-electron chi connectivity index (χ2n) is 5.16. The van der Waals surface area contributed by atoms with E-state index >= 15 is 0 Å². The summed E-state index contributed by atoms with van der Waals surface area (Å²) < 4.78 is 5.48. The van der Waals surface area contributed by atoms with Gasteiger partial charge in [-0.3, -0.25) is 14.9 Å². The van der Waals surface area contributed by atoms with E-state index in [1.165, 1.54) is 6.07 Å². The van der Waals surface area contributed by atoms with Gasteiger partial charge in [-0.25, -0.2) is 9.97 Å². The van der Waals surface area contributed by atoms with Gasteiger partial charge < -0.3 is 15.8 Å². The van der Waals surface area contributed by atoms with Crippen molar-refractivity contribution in [3.63, 3.8) is 0 Å². The van der Waals surface area contributed by atoms with Gasteiger partial charge in [0.25, 0.3) is 5.91 Å². The minimum Gasteiger partial charge on any atom is -0.491 e. The fourth-order valence-corrected chi connectivity index (χ4v) is 2.31. The third-order valence-electron chi connectivity index (χ3n) is 3.30. The maximum Gasteiger partial charge on any atom is 0.255 e. The van der Waals surface area contributed by atoms with Gasteiger partial charge in [-0.05, 0) is 18.2 Å². The van der Waals surface area contributed by atoms with Gasteiger partial charge in [-0.15, -0.1) is 0 Å². The predicted octanol–water partition coefficient (Wildman–Crippen LogP) is 1.18. The van der Waals surface area contributed by atoms with E-state index in [9.17, 15) is 4.79 Å². The fourth-order valence-electron chi connectivity index (χ4n) is 2.14. The number of H-pyrrole nitrogens is 1. The molecule has 4 N–H and O–H groups in total. The Bertz CT molecular complexity index is 885. The molecule has 0 bridgehead atoms. The number of nitrogens with zero attached hydrogens (tertiary/aromatic N) is 4. The van der Waals surface area contributed by atoms with E-state index in [-0.39, 0.29) is 12.5 Å². The van der Waals surface area contributed by atoms with E-state index in [4.69, 9.17) is 22.1 Å². The summed E-state index contributed by atoms with van der Waals surface area (Å²) in [6.45, 7) is 0.785. The third kappa shape index (κ3) is 4.32. The average Bonchev–Trinajstić information content (AvgIpc) is 3.15. The highest BCUT2D eigenvalue weighted by Gasteiger charge is 2.14. The highest BCUT2D eigenvalue weighted by molar-refractivity contribution is 6.31. The normalized spacial score (nSPS) is 10.5. The second-order valence-corrected chi connectivity index (χ2v) is 5.59.